The Morgan fingerprint density at radius 2 is 1.20 bits per heavy atom. The highest BCUT2D eigenvalue weighted by Crippen LogP contribution is 2.45. The van der Waals surface area contributed by atoms with Gasteiger partial charge in [-0.25, -0.2) is 9.59 Å². The lowest BCUT2D eigenvalue weighted by Crippen LogP contribution is -2.58. The van der Waals surface area contributed by atoms with E-state index in [1.54, 1.807) is 45.0 Å². The molecule has 10 N–H and O–H groups in total. The van der Waals surface area contributed by atoms with E-state index in [4.69, 9.17) is 4.74 Å². The summed E-state index contributed by atoms with van der Waals surface area (Å²) in [6.07, 6.45) is -0.989. The number of ether oxygens (including phenoxy) is 1. The lowest BCUT2D eigenvalue weighted by molar-refractivity contribution is -0.144. The van der Waals surface area contributed by atoms with E-state index < -0.39 is 121 Å². The van der Waals surface area contributed by atoms with E-state index in [2.05, 4.69) is 47.5 Å². The number of aromatic amines is 1. The molecule has 0 radical (unpaired) electrons. The largest absolute Gasteiger partial charge is 0.480 e. The maximum absolute atomic E-state index is 14.7. The Balaban J connectivity index is 0.993. The standard InChI is InChI=1S/C68H73N9O11S/c1-5-40(3)59-63(83)70-36-57(79)71-55(62(82)73-54(66(85)86)35-56(78)77-68(42-22-10-7-11-23-42,43-24-12-8-13-25-43)44-26-14-9-15-27-44)39-89-65-50(49-32-20-21-33-52(49)74-65)34-53(61(81)69-37-58(80)75-59)72-64(84)60(41(4)6-2)76-67(87)88-38-51-47-30-18-16-28-45(47)46-29-17-19-31-48(46)51/h7-33,40-41,51,53-55,59-60,74H,5-6,34-39H2,1-4H3,(H,69,81)(H,70,83)(H,71,79)(H,72,84)(H,73,82)(H,75,80)(H,76,87)(H,77,78)(H,85,86)/t40-,41-,53-,54-,55-,59-,60-/m0/s1. The summed E-state index contributed by atoms with van der Waals surface area (Å²) in [5.41, 5.74) is 5.85. The number of para-hydroxylation sites is 1. The molecule has 0 fully saturated rings. The average Bonchev–Trinajstić information content (AvgIpc) is 1.45. The van der Waals surface area contributed by atoms with Crippen LogP contribution in [-0.2, 0) is 55.1 Å². The lowest BCUT2D eigenvalue weighted by Gasteiger charge is -2.37. The van der Waals surface area contributed by atoms with Gasteiger partial charge in [0.25, 0.3) is 0 Å². The van der Waals surface area contributed by atoms with Gasteiger partial charge in [-0.1, -0.05) is 198 Å². The van der Waals surface area contributed by atoms with Crippen molar-refractivity contribution >= 4 is 76.1 Å². The van der Waals surface area contributed by atoms with Gasteiger partial charge in [-0.3, -0.25) is 33.6 Å². The van der Waals surface area contributed by atoms with Crippen molar-refractivity contribution in [2.24, 2.45) is 11.8 Å². The third kappa shape index (κ3) is 15.0. The smallest absolute Gasteiger partial charge is 0.407 e. The summed E-state index contributed by atoms with van der Waals surface area (Å²) in [6.45, 7) is 5.83. The van der Waals surface area contributed by atoms with Crippen LogP contribution >= 0.6 is 11.8 Å². The number of nitrogens with one attached hydrogen (secondary N) is 9. The fraction of sp³-hybridized carbons (Fsp3) is 0.309. The Labute approximate surface area is 519 Å². The topological polar surface area (TPSA) is 295 Å². The molecule has 21 heteroatoms. The fourth-order valence-electron chi connectivity index (χ4n) is 11.4. The second kappa shape index (κ2) is 29.3. The minimum atomic E-state index is -1.83. The van der Waals surface area contributed by atoms with Crippen LogP contribution in [0.5, 0.6) is 0 Å². The third-order valence-electron chi connectivity index (χ3n) is 16.6. The normalized spacial score (nSPS) is 18.0. The van der Waals surface area contributed by atoms with E-state index in [9.17, 15) is 48.3 Å². The number of fused-ring (bicyclic) bond motifs is 6. The molecule has 6 aromatic carbocycles. The molecule has 1 aliphatic heterocycles. The molecule has 7 atom stereocenters. The molecular weight excluding hydrogens is 1150 g/mol. The first kappa shape index (κ1) is 63.7. The van der Waals surface area contributed by atoms with Crippen molar-refractivity contribution < 1.29 is 53.0 Å². The summed E-state index contributed by atoms with van der Waals surface area (Å²) in [6, 6.07) is 43.2. The Kier molecular flexibility index (Phi) is 21.0. The highest BCUT2D eigenvalue weighted by atomic mass is 32.2. The molecule has 8 amide bonds. The quantitative estimate of drug-likeness (QED) is 0.0408. The minimum Gasteiger partial charge on any atom is -0.480 e. The van der Waals surface area contributed by atoms with Gasteiger partial charge in [0.05, 0.1) is 24.5 Å². The van der Waals surface area contributed by atoms with Crippen LogP contribution in [0.3, 0.4) is 0 Å². The van der Waals surface area contributed by atoms with Gasteiger partial charge in [0.1, 0.15) is 42.4 Å². The maximum Gasteiger partial charge on any atom is 0.407 e. The van der Waals surface area contributed by atoms with Crippen molar-refractivity contribution in [2.75, 3.05) is 25.4 Å². The number of carboxylic acid groups (broad SMARTS) is 1. The van der Waals surface area contributed by atoms with E-state index in [0.29, 0.717) is 51.0 Å². The van der Waals surface area contributed by atoms with E-state index in [-0.39, 0.29) is 24.7 Å². The van der Waals surface area contributed by atoms with Gasteiger partial charge in [-0.2, -0.15) is 0 Å². The highest BCUT2D eigenvalue weighted by molar-refractivity contribution is 7.99. The molecule has 1 aromatic heterocycles. The average molecular weight is 1220 g/mol. The third-order valence-corrected chi connectivity index (χ3v) is 17.7. The second-order valence-electron chi connectivity index (χ2n) is 22.4. The van der Waals surface area contributed by atoms with E-state index in [1.807, 2.05) is 146 Å². The first-order chi connectivity index (χ1) is 43.0. The number of hydrogen-bond donors (Lipinski definition) is 10. The molecule has 462 valence electrons. The van der Waals surface area contributed by atoms with Gasteiger partial charge in [0.2, 0.25) is 41.4 Å². The SMILES string of the molecule is CC[C@H](C)[C@@H]1NC(=O)CNC(=O)[C@@H](NC(=O)[C@@H](NC(=O)OCC2c3ccccc3-c3ccccc32)[C@@H](C)CC)Cc2c([nH]c3ccccc23)SC[C@@H](C(=O)N[C@@H](CC(=O)NC(c2ccccc2)(c2ccccc2)c2ccccc2)C(=O)O)NC(=O)CNC1=O. The molecular formula is C68H73N9O11S. The van der Waals surface area contributed by atoms with Crippen molar-refractivity contribution in [3.8, 4) is 11.1 Å². The number of H-pyrrole nitrogens is 1. The van der Waals surface area contributed by atoms with Gasteiger partial charge in [-0.05, 0) is 62.4 Å². The molecule has 2 heterocycles. The summed E-state index contributed by atoms with van der Waals surface area (Å²) in [5.74, 6) is -8.62. The van der Waals surface area contributed by atoms with Gasteiger partial charge < -0.3 is 57.4 Å². The molecule has 9 rings (SSSR count). The monoisotopic (exact) mass is 1220 g/mol. The van der Waals surface area contributed by atoms with E-state index >= 15 is 0 Å². The number of carboxylic acids is 1. The number of thioether (sulfide) groups is 1. The molecule has 0 bridgehead atoms. The van der Waals surface area contributed by atoms with E-state index in [1.165, 1.54) is 0 Å². The number of carbonyl (C=O) groups excluding carboxylic acids is 8. The van der Waals surface area contributed by atoms with Crippen molar-refractivity contribution in [3.63, 3.8) is 0 Å². The summed E-state index contributed by atoms with van der Waals surface area (Å²) in [4.78, 5) is 130. The van der Waals surface area contributed by atoms with Crippen LogP contribution in [0.25, 0.3) is 22.0 Å². The lowest BCUT2D eigenvalue weighted by atomic mass is 9.77. The Morgan fingerprint density at radius 3 is 1.78 bits per heavy atom. The van der Waals surface area contributed by atoms with Crippen LogP contribution in [0.1, 0.15) is 86.3 Å². The Bertz CT molecular complexity index is 3570. The predicted octanol–water partition coefficient (Wildman–Crippen LogP) is 6.57. The number of alkyl carbamates (subject to hydrolysis) is 1. The molecule has 0 unspecified atom stereocenters. The maximum atomic E-state index is 14.7. The van der Waals surface area contributed by atoms with Crippen molar-refractivity contribution in [3.05, 3.63) is 197 Å². The number of hydrogen-bond acceptors (Lipinski definition) is 11. The summed E-state index contributed by atoms with van der Waals surface area (Å²) in [5, 5.41) is 33.4. The fourth-order valence-corrected chi connectivity index (χ4v) is 12.6. The number of benzene rings is 6. The number of aliphatic carboxylic acids is 1. The van der Waals surface area contributed by atoms with Crippen LogP contribution in [0.2, 0.25) is 0 Å². The van der Waals surface area contributed by atoms with Gasteiger partial charge >= 0.3 is 12.1 Å². The van der Waals surface area contributed by atoms with Crippen molar-refractivity contribution in [1.82, 2.24) is 47.5 Å². The molecule has 0 saturated carbocycles. The predicted molar refractivity (Wildman–Crippen MR) is 337 cm³/mol. The number of rotatable bonds is 18. The van der Waals surface area contributed by atoms with E-state index in [0.717, 1.165) is 34.0 Å². The van der Waals surface area contributed by atoms with Gasteiger partial charge in [-0.15, -0.1) is 11.8 Å². The van der Waals surface area contributed by atoms with Crippen molar-refractivity contribution in [2.45, 2.75) is 100 Å². The zero-order chi connectivity index (χ0) is 63.2. The van der Waals surface area contributed by atoms with Crippen LogP contribution in [0.15, 0.2) is 169 Å². The highest BCUT2D eigenvalue weighted by Gasteiger charge is 2.40. The Morgan fingerprint density at radius 1 is 0.663 bits per heavy atom. The Hall–Kier alpha value is -9.76. The molecule has 2 aliphatic rings. The zero-order valence-electron chi connectivity index (χ0n) is 49.8. The molecule has 7 aromatic rings. The van der Waals surface area contributed by atoms with Crippen LogP contribution < -0.4 is 42.5 Å². The van der Waals surface area contributed by atoms with Crippen LogP contribution in [0, 0.1) is 11.8 Å². The molecule has 20 nitrogen and oxygen atoms in total. The first-order valence-electron chi connectivity index (χ1n) is 29.8. The van der Waals surface area contributed by atoms with Crippen LogP contribution in [-0.4, -0.2) is 119 Å². The molecule has 0 spiro atoms. The van der Waals surface area contributed by atoms with Crippen molar-refractivity contribution in [1.29, 1.82) is 0 Å². The molecule has 0 saturated heterocycles. The first-order valence-corrected chi connectivity index (χ1v) is 30.8. The van der Waals surface area contributed by atoms with Gasteiger partial charge in [0, 0.05) is 29.0 Å². The summed E-state index contributed by atoms with van der Waals surface area (Å²) >= 11 is 1.04. The van der Waals surface area contributed by atoms with Gasteiger partial charge in [0.15, 0.2) is 0 Å². The number of carbonyl (C=O) groups is 9. The molecule has 89 heavy (non-hydrogen) atoms. The van der Waals surface area contributed by atoms with Crippen LogP contribution in [0.4, 0.5) is 4.79 Å². The summed E-state index contributed by atoms with van der Waals surface area (Å²) in [7, 11) is 0. The number of aromatic nitrogens is 1. The summed E-state index contributed by atoms with van der Waals surface area (Å²) < 4.78 is 5.87. The number of amides is 8. The second-order valence-corrected chi connectivity index (χ2v) is 23.4. The zero-order valence-corrected chi connectivity index (χ0v) is 50.6. The minimum absolute atomic E-state index is 0.0218. The molecule has 1 aliphatic carbocycles.